The van der Waals surface area contributed by atoms with Gasteiger partial charge in [0.1, 0.15) is 6.04 Å². The van der Waals surface area contributed by atoms with Crippen molar-refractivity contribution < 1.29 is 13.2 Å². The number of hydrogen-bond donors (Lipinski definition) is 2. The summed E-state index contributed by atoms with van der Waals surface area (Å²) in [6.07, 6.45) is 4.30. The summed E-state index contributed by atoms with van der Waals surface area (Å²) in [5.74, 6) is 0.0514. The summed E-state index contributed by atoms with van der Waals surface area (Å²) in [4.78, 5) is 14.6. The Hall–Kier alpha value is -1.76. The van der Waals surface area contributed by atoms with Crippen molar-refractivity contribution in [2.75, 3.05) is 34.8 Å². The second-order valence-electron chi connectivity index (χ2n) is 7.07. The fraction of sp³-hybridized carbons (Fsp3) is 0.611. The standard InChI is InChI=1S/C18H27N3O3S/c1-14(18(22)20-16-9-12-25(23,24)13-16)19-15-5-7-17(8-6-15)21-10-3-2-4-11-21/h5-8,14,16,19H,2-4,9-13H2,1H3,(H,20,22)/t14-,16+/m0/s1. The molecule has 2 aliphatic rings. The van der Waals surface area contributed by atoms with Crippen molar-refractivity contribution in [1.29, 1.82) is 0 Å². The van der Waals surface area contributed by atoms with E-state index in [4.69, 9.17) is 0 Å². The Morgan fingerprint density at radius 1 is 1.16 bits per heavy atom. The molecule has 2 N–H and O–H groups in total. The molecule has 2 aliphatic heterocycles. The van der Waals surface area contributed by atoms with E-state index in [1.165, 1.54) is 24.9 Å². The number of nitrogens with zero attached hydrogens (tertiary/aromatic N) is 1. The number of sulfone groups is 1. The molecule has 0 bridgehead atoms. The lowest BCUT2D eigenvalue weighted by molar-refractivity contribution is -0.122. The van der Waals surface area contributed by atoms with E-state index in [1.807, 2.05) is 12.1 Å². The van der Waals surface area contributed by atoms with Crippen LogP contribution in [0.3, 0.4) is 0 Å². The van der Waals surface area contributed by atoms with E-state index >= 15 is 0 Å². The van der Waals surface area contributed by atoms with Crippen LogP contribution in [-0.2, 0) is 14.6 Å². The van der Waals surface area contributed by atoms with Gasteiger partial charge in [-0.15, -0.1) is 0 Å². The number of piperidine rings is 1. The normalized spacial score (nSPS) is 23.9. The molecule has 2 heterocycles. The van der Waals surface area contributed by atoms with Gasteiger partial charge in [-0.3, -0.25) is 4.79 Å². The zero-order chi connectivity index (χ0) is 17.9. The Morgan fingerprint density at radius 2 is 1.84 bits per heavy atom. The number of carbonyl (C=O) groups excluding carboxylic acids is 1. The summed E-state index contributed by atoms with van der Waals surface area (Å²) in [6.45, 7) is 4.00. The number of nitrogens with one attached hydrogen (secondary N) is 2. The summed E-state index contributed by atoms with van der Waals surface area (Å²) in [7, 11) is -2.98. The summed E-state index contributed by atoms with van der Waals surface area (Å²) in [5, 5.41) is 6.02. The molecule has 1 amide bonds. The number of hydrogen-bond acceptors (Lipinski definition) is 5. The van der Waals surface area contributed by atoms with Crippen molar-refractivity contribution in [1.82, 2.24) is 5.32 Å². The smallest absolute Gasteiger partial charge is 0.242 e. The second kappa shape index (κ2) is 7.64. The van der Waals surface area contributed by atoms with Crippen LogP contribution in [-0.4, -0.2) is 51.0 Å². The van der Waals surface area contributed by atoms with Crippen LogP contribution in [0.2, 0.25) is 0 Å². The predicted octanol–water partition coefficient (Wildman–Crippen LogP) is 1.78. The van der Waals surface area contributed by atoms with Crippen LogP contribution in [0, 0.1) is 0 Å². The van der Waals surface area contributed by atoms with Crippen LogP contribution in [0.5, 0.6) is 0 Å². The summed E-state index contributed by atoms with van der Waals surface area (Å²) < 4.78 is 22.9. The maximum Gasteiger partial charge on any atom is 0.242 e. The van der Waals surface area contributed by atoms with Crippen LogP contribution >= 0.6 is 0 Å². The average Bonchev–Trinajstić information content (AvgIpc) is 2.95. The topological polar surface area (TPSA) is 78.5 Å². The van der Waals surface area contributed by atoms with Gasteiger partial charge in [-0.1, -0.05) is 0 Å². The van der Waals surface area contributed by atoms with Crippen LogP contribution < -0.4 is 15.5 Å². The van der Waals surface area contributed by atoms with Crippen molar-refractivity contribution in [2.45, 2.75) is 44.7 Å². The SMILES string of the molecule is C[C@H](Nc1ccc(N2CCCCC2)cc1)C(=O)N[C@@H]1CCS(=O)(=O)C1. The molecule has 0 spiro atoms. The Morgan fingerprint density at radius 3 is 2.44 bits per heavy atom. The molecule has 0 saturated carbocycles. The zero-order valence-corrected chi connectivity index (χ0v) is 15.5. The Bertz CT molecular complexity index is 697. The molecule has 0 aromatic heterocycles. The molecule has 0 radical (unpaired) electrons. The fourth-order valence-corrected chi connectivity index (χ4v) is 5.14. The summed E-state index contributed by atoms with van der Waals surface area (Å²) >= 11 is 0. The molecule has 2 fully saturated rings. The highest BCUT2D eigenvalue weighted by Gasteiger charge is 2.29. The van der Waals surface area contributed by atoms with E-state index in [9.17, 15) is 13.2 Å². The van der Waals surface area contributed by atoms with Gasteiger partial charge in [0.2, 0.25) is 5.91 Å². The summed E-state index contributed by atoms with van der Waals surface area (Å²) in [5.41, 5.74) is 2.11. The highest BCUT2D eigenvalue weighted by molar-refractivity contribution is 7.91. The quantitative estimate of drug-likeness (QED) is 0.832. The van der Waals surface area contributed by atoms with Crippen molar-refractivity contribution in [2.24, 2.45) is 0 Å². The van der Waals surface area contributed by atoms with E-state index in [0.717, 1.165) is 18.8 Å². The molecule has 3 rings (SSSR count). The highest BCUT2D eigenvalue weighted by atomic mass is 32.2. The molecule has 0 aliphatic carbocycles. The number of anilines is 2. The minimum absolute atomic E-state index is 0.0516. The maximum absolute atomic E-state index is 12.3. The van der Waals surface area contributed by atoms with Gasteiger partial charge in [0.05, 0.1) is 11.5 Å². The van der Waals surface area contributed by atoms with Gasteiger partial charge in [0.25, 0.3) is 0 Å². The Labute approximate surface area is 149 Å². The monoisotopic (exact) mass is 365 g/mol. The van der Waals surface area contributed by atoms with Crippen LogP contribution in [0.4, 0.5) is 11.4 Å². The van der Waals surface area contributed by atoms with Gasteiger partial charge in [0.15, 0.2) is 9.84 Å². The third-order valence-electron chi connectivity index (χ3n) is 4.94. The van der Waals surface area contributed by atoms with Gasteiger partial charge >= 0.3 is 0 Å². The van der Waals surface area contributed by atoms with Crippen LogP contribution in [0.15, 0.2) is 24.3 Å². The fourth-order valence-electron chi connectivity index (χ4n) is 3.47. The van der Waals surface area contributed by atoms with Crippen molar-refractivity contribution in [3.05, 3.63) is 24.3 Å². The molecule has 138 valence electrons. The third-order valence-corrected chi connectivity index (χ3v) is 6.71. The number of rotatable bonds is 5. The minimum atomic E-state index is -2.98. The molecular weight excluding hydrogens is 338 g/mol. The van der Waals surface area contributed by atoms with Gasteiger partial charge in [-0.2, -0.15) is 0 Å². The van der Waals surface area contributed by atoms with Gasteiger partial charge < -0.3 is 15.5 Å². The Balaban J connectivity index is 1.51. The van der Waals surface area contributed by atoms with Gasteiger partial charge in [-0.25, -0.2) is 8.42 Å². The number of amides is 1. The first-order valence-electron chi connectivity index (χ1n) is 9.05. The molecular formula is C18H27N3O3S. The maximum atomic E-state index is 12.3. The molecule has 2 saturated heterocycles. The molecule has 0 unspecified atom stereocenters. The van der Waals surface area contributed by atoms with E-state index in [0.29, 0.717) is 6.42 Å². The van der Waals surface area contributed by atoms with Crippen molar-refractivity contribution >= 4 is 27.1 Å². The molecule has 6 nitrogen and oxygen atoms in total. The first-order valence-corrected chi connectivity index (χ1v) is 10.9. The Kier molecular flexibility index (Phi) is 5.51. The highest BCUT2D eigenvalue weighted by Crippen LogP contribution is 2.22. The minimum Gasteiger partial charge on any atom is -0.374 e. The number of benzene rings is 1. The zero-order valence-electron chi connectivity index (χ0n) is 14.7. The third kappa shape index (κ3) is 4.87. The lowest BCUT2D eigenvalue weighted by Crippen LogP contribution is -2.43. The first-order chi connectivity index (χ1) is 11.9. The van der Waals surface area contributed by atoms with E-state index in [2.05, 4.69) is 27.7 Å². The first kappa shape index (κ1) is 18.0. The predicted molar refractivity (Wildman–Crippen MR) is 101 cm³/mol. The molecule has 25 heavy (non-hydrogen) atoms. The van der Waals surface area contributed by atoms with Gasteiger partial charge in [0, 0.05) is 30.5 Å². The molecule has 2 atom stereocenters. The summed E-state index contributed by atoms with van der Waals surface area (Å²) in [6, 6.07) is 7.48. The van der Waals surface area contributed by atoms with E-state index in [1.54, 1.807) is 6.92 Å². The lowest BCUT2D eigenvalue weighted by atomic mass is 10.1. The lowest BCUT2D eigenvalue weighted by Gasteiger charge is -2.29. The average molecular weight is 365 g/mol. The van der Waals surface area contributed by atoms with Crippen molar-refractivity contribution in [3.8, 4) is 0 Å². The van der Waals surface area contributed by atoms with Crippen molar-refractivity contribution in [3.63, 3.8) is 0 Å². The molecule has 1 aromatic carbocycles. The number of carbonyl (C=O) groups is 1. The van der Waals surface area contributed by atoms with Crippen LogP contribution in [0.25, 0.3) is 0 Å². The van der Waals surface area contributed by atoms with Gasteiger partial charge in [-0.05, 0) is 56.9 Å². The van der Waals surface area contributed by atoms with E-state index in [-0.39, 0.29) is 23.5 Å². The molecule has 7 heteroatoms. The molecule has 1 aromatic rings. The second-order valence-corrected chi connectivity index (χ2v) is 9.30. The largest absolute Gasteiger partial charge is 0.374 e. The van der Waals surface area contributed by atoms with E-state index < -0.39 is 15.9 Å². The van der Waals surface area contributed by atoms with Crippen LogP contribution in [0.1, 0.15) is 32.6 Å².